The summed E-state index contributed by atoms with van der Waals surface area (Å²) in [7, 11) is 0. The van der Waals surface area contributed by atoms with Gasteiger partial charge in [-0.2, -0.15) is 0 Å². The topological polar surface area (TPSA) is 78.9 Å². The summed E-state index contributed by atoms with van der Waals surface area (Å²) in [5.41, 5.74) is 0. The van der Waals surface area contributed by atoms with Gasteiger partial charge in [-0.1, -0.05) is 233 Å². The van der Waals surface area contributed by atoms with Crippen LogP contribution in [0.25, 0.3) is 0 Å². The predicted octanol–water partition coefficient (Wildman–Crippen LogP) is 15.5. The number of rotatable bonds is 44. The van der Waals surface area contributed by atoms with Crippen LogP contribution in [0, 0.1) is 5.92 Å². The predicted molar refractivity (Wildman–Crippen MR) is 233 cm³/mol. The molecule has 0 saturated heterocycles. The average molecular weight is 779 g/mol. The second kappa shape index (κ2) is 43.5. The molecule has 6 heteroatoms. The highest BCUT2D eigenvalue weighted by molar-refractivity contribution is 5.71. The number of esters is 3. The van der Waals surface area contributed by atoms with Crippen LogP contribution in [-0.2, 0) is 28.6 Å². The molecule has 0 aromatic carbocycles. The van der Waals surface area contributed by atoms with Crippen molar-refractivity contribution >= 4 is 17.9 Å². The molecule has 0 saturated carbocycles. The fourth-order valence-corrected chi connectivity index (χ4v) is 7.33. The van der Waals surface area contributed by atoms with Crippen molar-refractivity contribution in [3.05, 3.63) is 0 Å². The van der Waals surface area contributed by atoms with Crippen LogP contribution in [0.5, 0.6) is 0 Å². The number of carbonyl (C=O) groups excluding carboxylic acids is 3. The second-order valence-electron chi connectivity index (χ2n) is 17.2. The van der Waals surface area contributed by atoms with Crippen molar-refractivity contribution in [2.75, 3.05) is 13.2 Å². The lowest BCUT2D eigenvalue weighted by Gasteiger charge is -2.18. The fourth-order valence-electron chi connectivity index (χ4n) is 7.33. The standard InChI is InChI=1S/C49H94O6/c1-5-7-9-11-13-15-20-25-29-33-37-41-48(51)54-44-46(43-53-47(50)40-36-32-28-24-16-14-12-10-8-6-2)55-49(52)42-38-34-30-26-22-19-17-18-21-23-27-31-35-39-45(3)4/h45-46H,5-44H2,1-4H3/t46-/m1/s1. The van der Waals surface area contributed by atoms with Crippen LogP contribution in [0.15, 0.2) is 0 Å². The average Bonchev–Trinajstić information content (AvgIpc) is 3.17. The van der Waals surface area contributed by atoms with Crippen molar-refractivity contribution in [2.45, 2.75) is 278 Å². The van der Waals surface area contributed by atoms with E-state index in [1.807, 2.05) is 0 Å². The highest BCUT2D eigenvalue weighted by atomic mass is 16.6. The molecule has 0 spiro atoms. The molecule has 0 aliphatic heterocycles. The van der Waals surface area contributed by atoms with Crippen molar-refractivity contribution in [1.29, 1.82) is 0 Å². The third-order valence-corrected chi connectivity index (χ3v) is 11.0. The van der Waals surface area contributed by atoms with E-state index in [1.54, 1.807) is 0 Å². The molecule has 0 aliphatic carbocycles. The number of hydrogen-bond donors (Lipinski definition) is 0. The van der Waals surface area contributed by atoms with Gasteiger partial charge >= 0.3 is 17.9 Å². The lowest BCUT2D eigenvalue weighted by Crippen LogP contribution is -2.30. The Labute approximate surface area is 342 Å². The van der Waals surface area contributed by atoms with E-state index >= 15 is 0 Å². The lowest BCUT2D eigenvalue weighted by atomic mass is 10.0. The molecule has 6 nitrogen and oxygen atoms in total. The molecule has 0 unspecified atom stereocenters. The van der Waals surface area contributed by atoms with Gasteiger partial charge in [-0.15, -0.1) is 0 Å². The largest absolute Gasteiger partial charge is 0.462 e. The number of ether oxygens (including phenoxy) is 3. The van der Waals surface area contributed by atoms with E-state index in [9.17, 15) is 14.4 Å². The Morgan fingerprint density at radius 2 is 0.600 bits per heavy atom. The van der Waals surface area contributed by atoms with Crippen molar-refractivity contribution in [2.24, 2.45) is 5.92 Å². The fraction of sp³-hybridized carbons (Fsp3) is 0.939. The maximum absolute atomic E-state index is 12.7. The van der Waals surface area contributed by atoms with Crippen molar-refractivity contribution in [1.82, 2.24) is 0 Å². The normalized spacial score (nSPS) is 11.9. The molecule has 0 aliphatic rings. The van der Waals surface area contributed by atoms with Crippen LogP contribution >= 0.6 is 0 Å². The van der Waals surface area contributed by atoms with E-state index in [1.165, 1.54) is 167 Å². The zero-order valence-electron chi connectivity index (χ0n) is 37.4. The van der Waals surface area contributed by atoms with E-state index in [-0.39, 0.29) is 31.1 Å². The summed E-state index contributed by atoms with van der Waals surface area (Å²) in [5, 5.41) is 0. The van der Waals surface area contributed by atoms with E-state index in [0.717, 1.165) is 63.7 Å². The minimum atomic E-state index is -0.759. The van der Waals surface area contributed by atoms with E-state index in [4.69, 9.17) is 14.2 Å². The van der Waals surface area contributed by atoms with E-state index < -0.39 is 6.10 Å². The van der Waals surface area contributed by atoms with Gasteiger partial charge in [-0.3, -0.25) is 14.4 Å². The van der Waals surface area contributed by atoms with Crippen LogP contribution in [0.1, 0.15) is 272 Å². The quantitative estimate of drug-likeness (QED) is 0.0348. The molecule has 0 fully saturated rings. The summed E-state index contributed by atoms with van der Waals surface area (Å²) in [6.45, 7) is 9.00. The van der Waals surface area contributed by atoms with Gasteiger partial charge in [0.05, 0.1) is 0 Å². The molecule has 0 aromatic rings. The van der Waals surface area contributed by atoms with Crippen molar-refractivity contribution in [3.8, 4) is 0 Å². The molecule has 0 amide bonds. The molecule has 326 valence electrons. The Morgan fingerprint density at radius 1 is 0.345 bits per heavy atom. The molecular weight excluding hydrogens is 685 g/mol. The molecule has 0 N–H and O–H groups in total. The van der Waals surface area contributed by atoms with Crippen molar-refractivity contribution < 1.29 is 28.6 Å². The summed E-state index contributed by atoms with van der Waals surface area (Å²) < 4.78 is 16.7. The molecule has 0 rings (SSSR count). The summed E-state index contributed by atoms with van der Waals surface area (Å²) >= 11 is 0. The highest BCUT2D eigenvalue weighted by Crippen LogP contribution is 2.17. The van der Waals surface area contributed by atoms with E-state index in [0.29, 0.717) is 19.3 Å². The molecule has 0 radical (unpaired) electrons. The lowest BCUT2D eigenvalue weighted by molar-refractivity contribution is -0.167. The first kappa shape index (κ1) is 53.4. The maximum atomic E-state index is 12.7. The Bertz CT molecular complexity index is 826. The molecule has 0 bridgehead atoms. The van der Waals surface area contributed by atoms with Gasteiger partial charge in [0.2, 0.25) is 0 Å². The van der Waals surface area contributed by atoms with Gasteiger partial charge in [0.25, 0.3) is 0 Å². The van der Waals surface area contributed by atoms with Crippen LogP contribution in [0.2, 0.25) is 0 Å². The smallest absolute Gasteiger partial charge is 0.306 e. The Kier molecular flexibility index (Phi) is 42.3. The first-order valence-corrected chi connectivity index (χ1v) is 24.4. The van der Waals surface area contributed by atoms with Crippen LogP contribution in [-0.4, -0.2) is 37.2 Å². The SMILES string of the molecule is CCCCCCCCCCCCCC(=O)OC[C@@H](COC(=O)CCCCCCCCCCCC)OC(=O)CCCCCCCCCCCCCCCC(C)C. The second-order valence-corrected chi connectivity index (χ2v) is 17.2. The third kappa shape index (κ3) is 43.4. The van der Waals surface area contributed by atoms with Crippen LogP contribution in [0.4, 0.5) is 0 Å². The Hall–Kier alpha value is -1.59. The number of hydrogen-bond acceptors (Lipinski definition) is 6. The summed E-state index contributed by atoms with van der Waals surface area (Å²) in [6.07, 6.45) is 43.7. The molecular formula is C49H94O6. The van der Waals surface area contributed by atoms with Gasteiger partial charge in [-0.05, 0) is 25.2 Å². The summed E-state index contributed by atoms with van der Waals surface area (Å²) in [4.78, 5) is 37.8. The molecule has 0 heterocycles. The van der Waals surface area contributed by atoms with Gasteiger partial charge in [0.1, 0.15) is 13.2 Å². The minimum absolute atomic E-state index is 0.0632. The zero-order chi connectivity index (χ0) is 40.3. The van der Waals surface area contributed by atoms with Gasteiger partial charge < -0.3 is 14.2 Å². The van der Waals surface area contributed by atoms with Gasteiger partial charge in [0.15, 0.2) is 6.10 Å². The minimum Gasteiger partial charge on any atom is -0.462 e. The van der Waals surface area contributed by atoms with Gasteiger partial charge in [0, 0.05) is 19.3 Å². The number of unbranched alkanes of at least 4 members (excludes halogenated alkanes) is 31. The molecule has 1 atom stereocenters. The monoisotopic (exact) mass is 779 g/mol. The van der Waals surface area contributed by atoms with Crippen LogP contribution in [0.3, 0.4) is 0 Å². The molecule has 0 aromatic heterocycles. The summed E-state index contributed by atoms with van der Waals surface area (Å²) in [5.74, 6) is -0.0122. The third-order valence-electron chi connectivity index (χ3n) is 11.0. The van der Waals surface area contributed by atoms with Crippen molar-refractivity contribution in [3.63, 3.8) is 0 Å². The maximum Gasteiger partial charge on any atom is 0.306 e. The molecule has 55 heavy (non-hydrogen) atoms. The Morgan fingerprint density at radius 3 is 0.891 bits per heavy atom. The zero-order valence-corrected chi connectivity index (χ0v) is 37.4. The Balaban J connectivity index is 4.29. The van der Waals surface area contributed by atoms with Gasteiger partial charge in [-0.25, -0.2) is 0 Å². The van der Waals surface area contributed by atoms with E-state index in [2.05, 4.69) is 27.7 Å². The first-order chi connectivity index (χ1) is 26.9. The highest BCUT2D eigenvalue weighted by Gasteiger charge is 2.19. The first-order valence-electron chi connectivity index (χ1n) is 24.4. The van der Waals surface area contributed by atoms with Crippen LogP contribution < -0.4 is 0 Å². The summed E-state index contributed by atoms with van der Waals surface area (Å²) in [6, 6.07) is 0. The number of carbonyl (C=O) groups is 3.